The van der Waals surface area contributed by atoms with Gasteiger partial charge in [-0.3, -0.25) is 0 Å². The highest BCUT2D eigenvalue weighted by Crippen LogP contribution is 2.29. The monoisotopic (exact) mass is 308 g/mol. The molecule has 3 N–H and O–H groups in total. The average Bonchev–Trinajstić information content (AvgIpc) is 2.85. The fourth-order valence-electron chi connectivity index (χ4n) is 2.05. The number of aryl methyl sites for hydroxylation is 1. The predicted octanol–water partition coefficient (Wildman–Crippen LogP) is 3.39. The number of hydrogen-bond donors (Lipinski definition) is 3. The van der Waals surface area contributed by atoms with Crippen LogP contribution in [-0.2, 0) is 0 Å². The van der Waals surface area contributed by atoms with Crippen LogP contribution in [0.1, 0.15) is 38.0 Å². The van der Waals surface area contributed by atoms with Crippen LogP contribution in [0.4, 0.5) is 11.8 Å². The predicted molar refractivity (Wildman–Crippen MR) is 90.3 cm³/mol. The van der Waals surface area contributed by atoms with Crippen molar-refractivity contribution in [2.75, 3.05) is 23.7 Å². The van der Waals surface area contributed by atoms with Gasteiger partial charge in [-0.2, -0.15) is 4.98 Å². The first-order valence-electron chi connectivity index (χ1n) is 7.58. The molecule has 0 saturated carbocycles. The Bertz CT molecular complexity index is 584. The van der Waals surface area contributed by atoms with E-state index in [0.717, 1.165) is 41.8 Å². The molecule has 6 heteroatoms. The zero-order chi connectivity index (χ0) is 15.2. The van der Waals surface area contributed by atoms with Crippen molar-refractivity contribution in [3.05, 3.63) is 10.9 Å². The van der Waals surface area contributed by atoms with E-state index in [1.165, 1.54) is 4.88 Å². The number of anilines is 2. The van der Waals surface area contributed by atoms with Crippen LogP contribution < -0.4 is 10.6 Å². The number of fused-ring (bicyclic) bond motifs is 1. The first kappa shape index (κ1) is 16.0. The second-order valence-corrected chi connectivity index (χ2v) is 6.41. The Kier molecular flexibility index (Phi) is 5.76. The molecule has 116 valence electrons. The lowest BCUT2D eigenvalue weighted by Crippen LogP contribution is -2.14. The van der Waals surface area contributed by atoms with Crippen molar-refractivity contribution in [2.24, 2.45) is 0 Å². The molecule has 0 aliphatic heterocycles. The molecule has 2 rings (SSSR count). The third-order valence-corrected chi connectivity index (χ3v) is 4.23. The summed E-state index contributed by atoms with van der Waals surface area (Å²) in [6.45, 7) is 7.76. The van der Waals surface area contributed by atoms with Crippen molar-refractivity contribution >= 4 is 33.3 Å². The number of nitrogens with one attached hydrogen (secondary N) is 2. The van der Waals surface area contributed by atoms with E-state index in [1.54, 1.807) is 11.3 Å². The maximum atomic E-state index is 9.64. The van der Waals surface area contributed by atoms with Crippen molar-refractivity contribution in [2.45, 2.75) is 46.1 Å². The Morgan fingerprint density at radius 1 is 1.24 bits per heavy atom. The lowest BCUT2D eigenvalue weighted by atomic mass is 10.2. The highest BCUT2D eigenvalue weighted by atomic mass is 32.1. The minimum absolute atomic E-state index is 0.253. The quantitative estimate of drug-likeness (QED) is 0.697. The van der Waals surface area contributed by atoms with Crippen LogP contribution in [0.3, 0.4) is 0 Å². The normalized spacial score (nSPS) is 12.6. The largest absolute Gasteiger partial charge is 0.393 e. The van der Waals surface area contributed by atoms with Crippen LogP contribution in [0.2, 0.25) is 0 Å². The van der Waals surface area contributed by atoms with Crippen molar-refractivity contribution in [1.82, 2.24) is 9.97 Å². The second-order valence-electron chi connectivity index (χ2n) is 5.18. The fraction of sp³-hybridized carbons (Fsp3) is 0.600. The Morgan fingerprint density at radius 3 is 2.76 bits per heavy atom. The molecule has 1 unspecified atom stereocenters. The van der Waals surface area contributed by atoms with Gasteiger partial charge in [-0.1, -0.05) is 13.8 Å². The number of thiophene rings is 1. The first-order valence-corrected chi connectivity index (χ1v) is 8.39. The Morgan fingerprint density at radius 2 is 2.05 bits per heavy atom. The van der Waals surface area contributed by atoms with Gasteiger partial charge in [-0.25, -0.2) is 4.98 Å². The average molecular weight is 308 g/mol. The van der Waals surface area contributed by atoms with E-state index in [0.29, 0.717) is 12.5 Å². The van der Waals surface area contributed by atoms with Crippen LogP contribution in [-0.4, -0.2) is 34.3 Å². The third kappa shape index (κ3) is 4.28. The smallest absolute Gasteiger partial charge is 0.226 e. The summed E-state index contributed by atoms with van der Waals surface area (Å²) >= 11 is 1.68. The molecular formula is C15H24N4OS. The maximum Gasteiger partial charge on any atom is 0.226 e. The number of aliphatic hydroxyl groups is 1. The molecule has 0 aliphatic rings. The molecule has 0 fully saturated rings. The molecule has 0 amide bonds. The van der Waals surface area contributed by atoms with Gasteiger partial charge in [-0.05, 0) is 32.3 Å². The summed E-state index contributed by atoms with van der Waals surface area (Å²) in [5.41, 5.74) is 0. The summed E-state index contributed by atoms with van der Waals surface area (Å²) < 4.78 is 0. The van der Waals surface area contributed by atoms with Gasteiger partial charge < -0.3 is 15.7 Å². The molecular weight excluding hydrogens is 284 g/mol. The summed E-state index contributed by atoms with van der Waals surface area (Å²) in [6, 6.07) is 2.11. The fourth-order valence-corrected chi connectivity index (χ4v) is 2.93. The molecule has 0 aromatic carbocycles. The SMILES string of the molecule is CCCNc1nc(NCCC(O)CC)c2cc(C)sc2n1. The minimum Gasteiger partial charge on any atom is -0.393 e. The Balaban J connectivity index is 2.18. The molecule has 0 radical (unpaired) electrons. The standard InChI is InChI=1S/C15H24N4OS/c1-4-7-17-15-18-13(16-8-6-11(20)5-2)12-9-10(3)21-14(12)19-15/h9,11,20H,4-8H2,1-3H3,(H2,16,17,18,19). The van der Waals surface area contributed by atoms with Gasteiger partial charge >= 0.3 is 0 Å². The molecule has 2 aromatic heterocycles. The molecule has 2 heterocycles. The van der Waals surface area contributed by atoms with E-state index in [4.69, 9.17) is 0 Å². The highest BCUT2D eigenvalue weighted by Gasteiger charge is 2.10. The Labute approximate surface area is 129 Å². The van der Waals surface area contributed by atoms with Crippen molar-refractivity contribution in [3.63, 3.8) is 0 Å². The summed E-state index contributed by atoms with van der Waals surface area (Å²) in [5.74, 6) is 1.52. The number of aliphatic hydroxyl groups excluding tert-OH is 1. The number of rotatable bonds is 8. The molecule has 0 saturated heterocycles. The molecule has 2 aromatic rings. The highest BCUT2D eigenvalue weighted by molar-refractivity contribution is 7.18. The number of aromatic nitrogens is 2. The number of nitrogens with zero attached hydrogens (tertiary/aromatic N) is 2. The van der Waals surface area contributed by atoms with Gasteiger partial charge in [0.25, 0.3) is 0 Å². The topological polar surface area (TPSA) is 70.1 Å². The Hall–Kier alpha value is -1.40. The summed E-state index contributed by atoms with van der Waals surface area (Å²) in [4.78, 5) is 11.4. The molecule has 0 spiro atoms. The van der Waals surface area contributed by atoms with Crippen molar-refractivity contribution < 1.29 is 5.11 Å². The van der Waals surface area contributed by atoms with Gasteiger partial charge in [0, 0.05) is 18.0 Å². The minimum atomic E-state index is -0.253. The summed E-state index contributed by atoms with van der Waals surface area (Å²) in [7, 11) is 0. The molecule has 0 aliphatic carbocycles. The van der Waals surface area contributed by atoms with Crippen LogP contribution in [0.15, 0.2) is 6.07 Å². The molecule has 21 heavy (non-hydrogen) atoms. The van der Waals surface area contributed by atoms with Gasteiger partial charge in [0.05, 0.1) is 11.5 Å². The van der Waals surface area contributed by atoms with E-state index in [2.05, 4.69) is 40.5 Å². The molecule has 5 nitrogen and oxygen atoms in total. The van der Waals surface area contributed by atoms with Gasteiger partial charge in [-0.15, -0.1) is 11.3 Å². The van der Waals surface area contributed by atoms with E-state index < -0.39 is 0 Å². The maximum absolute atomic E-state index is 9.64. The molecule has 0 bridgehead atoms. The van der Waals surface area contributed by atoms with Crippen LogP contribution >= 0.6 is 11.3 Å². The van der Waals surface area contributed by atoms with Crippen LogP contribution in [0.5, 0.6) is 0 Å². The van der Waals surface area contributed by atoms with Crippen LogP contribution in [0.25, 0.3) is 10.2 Å². The van der Waals surface area contributed by atoms with Crippen molar-refractivity contribution in [3.8, 4) is 0 Å². The van der Waals surface area contributed by atoms with Gasteiger partial charge in [0.15, 0.2) is 0 Å². The lowest BCUT2D eigenvalue weighted by Gasteiger charge is -2.11. The van der Waals surface area contributed by atoms with E-state index in [-0.39, 0.29) is 6.10 Å². The zero-order valence-electron chi connectivity index (χ0n) is 12.9. The summed E-state index contributed by atoms with van der Waals surface area (Å²) in [5, 5.41) is 17.3. The molecule has 1 atom stereocenters. The van der Waals surface area contributed by atoms with Gasteiger partial charge in [0.1, 0.15) is 10.6 Å². The van der Waals surface area contributed by atoms with E-state index in [9.17, 15) is 5.11 Å². The first-order chi connectivity index (χ1) is 10.1. The van der Waals surface area contributed by atoms with Gasteiger partial charge in [0.2, 0.25) is 5.95 Å². The second kappa shape index (κ2) is 7.56. The van der Waals surface area contributed by atoms with E-state index >= 15 is 0 Å². The zero-order valence-corrected chi connectivity index (χ0v) is 13.8. The summed E-state index contributed by atoms with van der Waals surface area (Å²) in [6.07, 6.45) is 2.29. The van der Waals surface area contributed by atoms with Crippen LogP contribution in [0, 0.1) is 6.92 Å². The number of hydrogen-bond acceptors (Lipinski definition) is 6. The third-order valence-electron chi connectivity index (χ3n) is 3.29. The van der Waals surface area contributed by atoms with E-state index in [1.807, 2.05) is 6.92 Å². The lowest BCUT2D eigenvalue weighted by molar-refractivity contribution is 0.164. The van der Waals surface area contributed by atoms with Crippen molar-refractivity contribution in [1.29, 1.82) is 0 Å².